The number of likely N-dealkylation sites (tertiary alicyclic amines) is 1. The fourth-order valence-corrected chi connectivity index (χ4v) is 9.01. The zero-order valence-electron chi connectivity index (χ0n) is 32.1. The van der Waals surface area contributed by atoms with E-state index in [1.807, 2.05) is 34.6 Å². The number of hydrogen-bond acceptors (Lipinski definition) is 10. The monoisotopic (exact) mass is 773 g/mol. The zero-order valence-corrected chi connectivity index (χ0v) is 33.7. The van der Waals surface area contributed by atoms with Crippen LogP contribution in [0.2, 0.25) is 5.02 Å². The molecule has 2 amide bonds. The molecule has 1 saturated heterocycles. The van der Waals surface area contributed by atoms with E-state index in [1.165, 1.54) is 18.2 Å². The molecule has 290 valence electrons. The molecule has 1 aromatic heterocycles. The van der Waals surface area contributed by atoms with Crippen molar-refractivity contribution in [2.24, 2.45) is 28.1 Å². The number of rotatable bonds is 13. The fraction of sp³-hybridized carbons (Fsp3) is 0.615. The number of nitrogens with one attached hydrogen (secondary N) is 1. The Morgan fingerprint density at radius 3 is 2.32 bits per heavy atom. The Balaban J connectivity index is 1.54. The number of amides is 2. The molecule has 53 heavy (non-hydrogen) atoms. The number of aromatic nitrogens is 1. The van der Waals surface area contributed by atoms with Crippen LogP contribution in [0.3, 0.4) is 0 Å². The van der Waals surface area contributed by atoms with E-state index >= 15 is 0 Å². The van der Waals surface area contributed by atoms with E-state index in [0.29, 0.717) is 34.4 Å². The molecule has 14 heteroatoms. The van der Waals surface area contributed by atoms with Gasteiger partial charge in [-0.15, -0.1) is 6.58 Å². The number of allylic oxidation sites excluding steroid dienone is 1. The summed E-state index contributed by atoms with van der Waals surface area (Å²) in [6, 6.07) is 4.09. The molecule has 1 aliphatic heterocycles. The second kappa shape index (κ2) is 14.2. The van der Waals surface area contributed by atoms with E-state index < -0.39 is 84.7 Å². The van der Waals surface area contributed by atoms with Crippen molar-refractivity contribution in [1.82, 2.24) is 14.6 Å². The summed E-state index contributed by atoms with van der Waals surface area (Å²) in [6.45, 7) is 18.2. The summed E-state index contributed by atoms with van der Waals surface area (Å²) in [7, 11) is -2.36. The summed E-state index contributed by atoms with van der Waals surface area (Å²) in [5, 5.41) is 1.08. The van der Waals surface area contributed by atoms with Crippen LogP contribution in [0.4, 0.5) is 0 Å². The molecule has 0 unspecified atom stereocenters. The Kier molecular flexibility index (Phi) is 10.8. The molecule has 0 spiro atoms. The van der Waals surface area contributed by atoms with Crippen molar-refractivity contribution in [1.29, 1.82) is 0 Å². The quantitative estimate of drug-likeness (QED) is 0.188. The van der Waals surface area contributed by atoms with E-state index in [-0.39, 0.29) is 31.7 Å². The molecule has 2 aliphatic carbocycles. The minimum absolute atomic E-state index is 0.0426. The molecule has 3 fully saturated rings. The Hall–Kier alpha value is -3.71. The second-order valence-corrected chi connectivity index (χ2v) is 19.8. The van der Waals surface area contributed by atoms with E-state index in [4.69, 9.17) is 25.8 Å². The van der Waals surface area contributed by atoms with Gasteiger partial charge < -0.3 is 19.1 Å². The number of nitrogens with zero attached hydrogens (tertiary/aromatic N) is 2. The maximum absolute atomic E-state index is 14.8. The molecule has 5 atom stereocenters. The lowest BCUT2D eigenvalue weighted by Gasteiger charge is -2.37. The van der Waals surface area contributed by atoms with Gasteiger partial charge in [0.25, 0.3) is 0 Å². The molecule has 12 nitrogen and oxygen atoms in total. The summed E-state index contributed by atoms with van der Waals surface area (Å²) in [6.07, 6.45) is 2.92. The Labute approximate surface area is 317 Å². The molecule has 2 heterocycles. The van der Waals surface area contributed by atoms with Crippen molar-refractivity contribution in [3.05, 3.63) is 42.1 Å². The SMILES string of the molecule is C=C[C@@H]1C[C@]1(CC(=O)[C@H]1N(C(=O)[C@@H](CC(=O)OC(C)(C)C)C(C)(C)C)C[C@H](Oc2ncc(OC)c3ccc(Cl)cc23)C1(C)C)C(=O)NS(=O)(=O)C1CC1. The number of hydrogen-bond donors (Lipinski definition) is 1. The molecule has 1 N–H and O–H groups in total. The van der Waals surface area contributed by atoms with Gasteiger partial charge in [0.15, 0.2) is 5.78 Å². The standard InChI is InChI=1S/C39H52ClN3O9S/c1-11-22-18-39(22,35(47)42-53(48,49)24-13-14-24)19-28(44)32-38(8,9)30(51-33-26-16-23(40)12-15-25(26)29(50-10)20-41-33)21-43(32)34(46)27(36(2,3)4)17-31(45)52-37(5,6)7/h11-12,15-16,20,22,24,27,30,32H,1,13-14,17-19,21H2,2-10H3,(H,42,47)/t22-,27-,30+,32-,39-/m1/s1. The number of ketones is 1. The van der Waals surface area contributed by atoms with E-state index in [9.17, 15) is 27.6 Å². The molecule has 0 radical (unpaired) electrons. The summed E-state index contributed by atoms with van der Waals surface area (Å²) in [4.78, 5) is 62.4. The van der Waals surface area contributed by atoms with Crippen molar-refractivity contribution in [3.8, 4) is 11.6 Å². The summed E-state index contributed by atoms with van der Waals surface area (Å²) >= 11 is 6.39. The molecule has 1 aromatic carbocycles. The van der Waals surface area contributed by atoms with Crippen LogP contribution < -0.4 is 14.2 Å². The number of pyridine rings is 1. The van der Waals surface area contributed by atoms with Gasteiger partial charge in [-0.3, -0.25) is 23.9 Å². The molecule has 3 aliphatic rings. The van der Waals surface area contributed by atoms with Crippen molar-refractivity contribution < 1.29 is 41.8 Å². The highest BCUT2D eigenvalue weighted by Gasteiger charge is 2.63. The Morgan fingerprint density at radius 1 is 1.11 bits per heavy atom. The minimum Gasteiger partial charge on any atom is -0.494 e. The summed E-state index contributed by atoms with van der Waals surface area (Å²) < 4.78 is 45.6. The normalized spacial score (nSPS) is 24.6. The van der Waals surface area contributed by atoms with Gasteiger partial charge in [-0.05, 0) is 69.6 Å². The third-order valence-corrected chi connectivity index (χ3v) is 12.8. The van der Waals surface area contributed by atoms with E-state index in [2.05, 4.69) is 16.3 Å². The molecule has 2 aromatic rings. The lowest BCUT2D eigenvalue weighted by molar-refractivity contribution is -0.161. The van der Waals surface area contributed by atoms with Crippen molar-refractivity contribution in [2.45, 2.75) is 110 Å². The maximum atomic E-state index is 14.8. The largest absolute Gasteiger partial charge is 0.494 e. The van der Waals surface area contributed by atoms with Crippen molar-refractivity contribution >= 4 is 56.0 Å². The number of carbonyl (C=O) groups excluding carboxylic acids is 4. The lowest BCUT2D eigenvalue weighted by Crippen LogP contribution is -2.52. The first kappa shape index (κ1) is 40.5. The van der Waals surface area contributed by atoms with Crippen LogP contribution in [0.1, 0.15) is 87.5 Å². The van der Waals surface area contributed by atoms with Gasteiger partial charge in [-0.2, -0.15) is 0 Å². The molecule has 5 rings (SSSR count). The number of methoxy groups -OCH3 is 1. The molecule has 0 bridgehead atoms. The number of ether oxygens (including phenoxy) is 3. The predicted octanol–water partition coefficient (Wildman–Crippen LogP) is 6.04. The average Bonchev–Trinajstić information content (AvgIpc) is 3.96. The average molecular weight is 774 g/mol. The summed E-state index contributed by atoms with van der Waals surface area (Å²) in [5.74, 6) is -2.77. The number of halogens is 1. The topological polar surface area (TPSA) is 158 Å². The van der Waals surface area contributed by atoms with Gasteiger partial charge in [0, 0.05) is 27.6 Å². The van der Waals surface area contributed by atoms with Gasteiger partial charge in [0.05, 0.1) is 48.9 Å². The van der Waals surface area contributed by atoms with Gasteiger partial charge in [-0.1, -0.05) is 52.3 Å². The van der Waals surface area contributed by atoms with Crippen LogP contribution in [0.5, 0.6) is 11.6 Å². The van der Waals surface area contributed by atoms with E-state index in [0.717, 1.165) is 0 Å². The van der Waals surface area contributed by atoms with E-state index in [1.54, 1.807) is 45.0 Å². The summed E-state index contributed by atoms with van der Waals surface area (Å²) in [5.41, 5.74) is -3.91. The van der Waals surface area contributed by atoms with Crippen LogP contribution in [-0.2, 0) is 33.9 Å². The van der Waals surface area contributed by atoms with Crippen LogP contribution in [0.15, 0.2) is 37.1 Å². The first-order valence-electron chi connectivity index (χ1n) is 18.0. The van der Waals surface area contributed by atoms with Gasteiger partial charge in [0.2, 0.25) is 27.7 Å². The molecule has 2 saturated carbocycles. The zero-order chi connectivity index (χ0) is 39.5. The van der Waals surface area contributed by atoms with Gasteiger partial charge >= 0.3 is 5.97 Å². The third kappa shape index (κ3) is 8.35. The first-order valence-corrected chi connectivity index (χ1v) is 19.9. The highest BCUT2D eigenvalue weighted by Crippen LogP contribution is 2.58. The number of fused-ring (bicyclic) bond motifs is 1. The van der Waals surface area contributed by atoms with Crippen molar-refractivity contribution in [2.75, 3.05) is 13.7 Å². The first-order chi connectivity index (χ1) is 24.4. The number of carbonyl (C=O) groups is 4. The van der Waals surface area contributed by atoms with Crippen LogP contribution in [-0.4, -0.2) is 78.5 Å². The van der Waals surface area contributed by atoms with Crippen molar-refractivity contribution in [3.63, 3.8) is 0 Å². The minimum atomic E-state index is -3.88. The van der Waals surface area contributed by atoms with Crippen LogP contribution >= 0.6 is 11.6 Å². The fourth-order valence-electron chi connectivity index (χ4n) is 7.45. The third-order valence-electron chi connectivity index (χ3n) is 10.7. The highest BCUT2D eigenvalue weighted by molar-refractivity contribution is 7.90. The number of Topliss-reactive ketones (excluding diaryl/α,β-unsaturated/α-hetero) is 1. The number of esters is 1. The second-order valence-electron chi connectivity index (χ2n) is 17.4. The smallest absolute Gasteiger partial charge is 0.307 e. The Morgan fingerprint density at radius 2 is 1.77 bits per heavy atom. The lowest BCUT2D eigenvalue weighted by atomic mass is 9.75. The maximum Gasteiger partial charge on any atom is 0.307 e. The molecular formula is C39H52ClN3O9S. The van der Waals surface area contributed by atoms with Crippen LogP contribution in [0, 0.1) is 28.1 Å². The van der Waals surface area contributed by atoms with Gasteiger partial charge in [0.1, 0.15) is 17.5 Å². The Bertz CT molecular complexity index is 1930. The van der Waals surface area contributed by atoms with Gasteiger partial charge in [-0.25, -0.2) is 13.4 Å². The number of benzene rings is 1. The highest BCUT2D eigenvalue weighted by atomic mass is 35.5. The van der Waals surface area contributed by atoms with Crippen LogP contribution in [0.25, 0.3) is 10.8 Å². The predicted molar refractivity (Wildman–Crippen MR) is 201 cm³/mol. The number of sulfonamides is 1. The molecular weight excluding hydrogens is 722 g/mol.